The van der Waals surface area contributed by atoms with Crippen molar-refractivity contribution in [2.24, 2.45) is 0 Å². The summed E-state index contributed by atoms with van der Waals surface area (Å²) in [4.78, 5) is 12.2. The Labute approximate surface area is 113 Å². The van der Waals surface area contributed by atoms with Crippen molar-refractivity contribution in [1.29, 1.82) is 5.26 Å². The first-order valence-corrected chi connectivity index (χ1v) is 6.54. The van der Waals surface area contributed by atoms with Gasteiger partial charge in [-0.2, -0.15) is 5.26 Å². The molecule has 0 bridgehead atoms. The second-order valence-corrected chi connectivity index (χ2v) is 4.79. The molecular formula is C15H18N2O2. The number of hydrogen-bond acceptors (Lipinski definition) is 3. The lowest BCUT2D eigenvalue weighted by molar-refractivity contribution is -0.122. The standard InChI is InChI=1S/C15H18N2O2/c1-19-14-9-5-8-13(14)17-15(18)12(10-16)11-6-3-2-4-7-11/h2-4,6-7,12-14H,5,8-9H2,1H3,(H,17,18). The van der Waals surface area contributed by atoms with E-state index in [9.17, 15) is 10.1 Å². The Morgan fingerprint density at radius 2 is 2.16 bits per heavy atom. The van der Waals surface area contributed by atoms with Gasteiger partial charge in [0, 0.05) is 7.11 Å². The lowest BCUT2D eigenvalue weighted by Gasteiger charge is -2.21. The number of ether oxygens (including phenoxy) is 1. The van der Waals surface area contributed by atoms with Crippen LogP contribution in [0.15, 0.2) is 30.3 Å². The van der Waals surface area contributed by atoms with Crippen molar-refractivity contribution < 1.29 is 9.53 Å². The molecule has 100 valence electrons. The summed E-state index contributed by atoms with van der Waals surface area (Å²) in [6.45, 7) is 0. The summed E-state index contributed by atoms with van der Waals surface area (Å²) in [7, 11) is 1.66. The van der Waals surface area contributed by atoms with Crippen LogP contribution in [0, 0.1) is 11.3 Å². The van der Waals surface area contributed by atoms with Crippen LogP contribution in [0.25, 0.3) is 0 Å². The molecule has 1 aliphatic carbocycles. The lowest BCUT2D eigenvalue weighted by atomic mass is 9.99. The van der Waals surface area contributed by atoms with Crippen LogP contribution in [0.3, 0.4) is 0 Å². The fourth-order valence-corrected chi connectivity index (χ4v) is 2.57. The van der Waals surface area contributed by atoms with Gasteiger partial charge in [0.05, 0.1) is 18.2 Å². The van der Waals surface area contributed by atoms with Gasteiger partial charge < -0.3 is 10.1 Å². The molecule has 19 heavy (non-hydrogen) atoms. The molecule has 1 aliphatic rings. The predicted octanol–water partition coefficient (Wildman–Crippen LogP) is 1.98. The van der Waals surface area contributed by atoms with E-state index in [4.69, 9.17) is 4.74 Å². The van der Waals surface area contributed by atoms with Crippen LogP contribution in [-0.4, -0.2) is 25.2 Å². The Kier molecular flexibility index (Phi) is 4.53. The first kappa shape index (κ1) is 13.6. The average Bonchev–Trinajstić information content (AvgIpc) is 2.88. The maximum Gasteiger partial charge on any atom is 0.242 e. The highest BCUT2D eigenvalue weighted by atomic mass is 16.5. The van der Waals surface area contributed by atoms with Gasteiger partial charge in [0.2, 0.25) is 5.91 Å². The summed E-state index contributed by atoms with van der Waals surface area (Å²) in [5.74, 6) is -0.984. The number of benzene rings is 1. The van der Waals surface area contributed by atoms with Gasteiger partial charge in [-0.3, -0.25) is 4.79 Å². The Morgan fingerprint density at radius 3 is 2.79 bits per heavy atom. The second-order valence-electron chi connectivity index (χ2n) is 4.79. The zero-order valence-electron chi connectivity index (χ0n) is 11.0. The number of nitriles is 1. The molecule has 4 heteroatoms. The third kappa shape index (κ3) is 3.12. The van der Waals surface area contributed by atoms with Crippen LogP contribution in [0.5, 0.6) is 0 Å². The zero-order chi connectivity index (χ0) is 13.7. The van der Waals surface area contributed by atoms with Crippen LogP contribution < -0.4 is 5.32 Å². The Bertz CT molecular complexity index is 467. The molecule has 1 N–H and O–H groups in total. The summed E-state index contributed by atoms with van der Waals surface area (Å²) in [5, 5.41) is 12.1. The fraction of sp³-hybridized carbons (Fsp3) is 0.467. The summed E-state index contributed by atoms with van der Waals surface area (Å²) < 4.78 is 5.35. The predicted molar refractivity (Wildman–Crippen MR) is 71.4 cm³/mol. The third-order valence-corrected chi connectivity index (χ3v) is 3.61. The van der Waals surface area contributed by atoms with Crippen LogP contribution in [-0.2, 0) is 9.53 Å². The largest absolute Gasteiger partial charge is 0.379 e. The number of carbonyl (C=O) groups is 1. The topological polar surface area (TPSA) is 62.1 Å². The molecule has 1 aromatic rings. The van der Waals surface area contributed by atoms with E-state index in [2.05, 4.69) is 11.4 Å². The van der Waals surface area contributed by atoms with Gasteiger partial charge in [0.25, 0.3) is 0 Å². The Hall–Kier alpha value is -1.86. The van der Waals surface area contributed by atoms with Crippen molar-refractivity contribution in [3.8, 4) is 6.07 Å². The summed E-state index contributed by atoms with van der Waals surface area (Å²) in [6, 6.07) is 11.2. The molecule has 0 heterocycles. The lowest BCUT2D eigenvalue weighted by Crippen LogP contribution is -2.42. The van der Waals surface area contributed by atoms with Crippen molar-refractivity contribution in [1.82, 2.24) is 5.32 Å². The number of nitrogens with one attached hydrogen (secondary N) is 1. The van der Waals surface area contributed by atoms with E-state index in [1.807, 2.05) is 18.2 Å². The van der Waals surface area contributed by atoms with Crippen molar-refractivity contribution in [3.05, 3.63) is 35.9 Å². The number of methoxy groups -OCH3 is 1. The molecule has 0 aliphatic heterocycles. The molecule has 0 spiro atoms. The van der Waals surface area contributed by atoms with Crippen LogP contribution >= 0.6 is 0 Å². The fourth-order valence-electron chi connectivity index (χ4n) is 2.57. The molecule has 2 rings (SSSR count). The SMILES string of the molecule is COC1CCCC1NC(=O)C(C#N)c1ccccc1. The van der Waals surface area contributed by atoms with Gasteiger partial charge in [-0.05, 0) is 24.8 Å². The van der Waals surface area contributed by atoms with Gasteiger partial charge in [0.1, 0.15) is 5.92 Å². The number of nitrogens with zero attached hydrogens (tertiary/aromatic N) is 1. The van der Waals surface area contributed by atoms with E-state index in [1.54, 1.807) is 19.2 Å². The summed E-state index contributed by atoms with van der Waals surface area (Å²) in [6.07, 6.45) is 2.99. The highest BCUT2D eigenvalue weighted by Gasteiger charge is 2.31. The summed E-state index contributed by atoms with van der Waals surface area (Å²) >= 11 is 0. The van der Waals surface area contributed by atoms with Crippen molar-refractivity contribution in [3.63, 3.8) is 0 Å². The van der Waals surface area contributed by atoms with E-state index in [0.29, 0.717) is 0 Å². The minimum absolute atomic E-state index is 0.0251. The van der Waals surface area contributed by atoms with Gasteiger partial charge in [-0.15, -0.1) is 0 Å². The highest BCUT2D eigenvalue weighted by Crippen LogP contribution is 2.23. The number of hydrogen-bond donors (Lipinski definition) is 1. The normalized spacial score (nSPS) is 23.6. The minimum Gasteiger partial charge on any atom is -0.379 e. The first-order valence-electron chi connectivity index (χ1n) is 6.54. The molecule has 0 saturated heterocycles. The van der Waals surface area contributed by atoms with Crippen molar-refractivity contribution >= 4 is 5.91 Å². The smallest absolute Gasteiger partial charge is 0.242 e. The number of rotatable bonds is 4. The summed E-state index contributed by atoms with van der Waals surface area (Å²) in [5.41, 5.74) is 0.731. The van der Waals surface area contributed by atoms with E-state index >= 15 is 0 Å². The first-order chi connectivity index (χ1) is 9.26. The monoisotopic (exact) mass is 258 g/mol. The molecule has 4 nitrogen and oxygen atoms in total. The van der Waals surface area contributed by atoms with Gasteiger partial charge in [0.15, 0.2) is 0 Å². The molecule has 0 radical (unpaired) electrons. The second kappa shape index (κ2) is 6.35. The number of carbonyl (C=O) groups excluding carboxylic acids is 1. The van der Waals surface area contributed by atoms with Crippen molar-refractivity contribution in [2.75, 3.05) is 7.11 Å². The molecular weight excluding hydrogens is 240 g/mol. The van der Waals surface area contributed by atoms with Crippen LogP contribution in [0.4, 0.5) is 0 Å². The minimum atomic E-state index is -0.751. The van der Waals surface area contributed by atoms with Crippen molar-refractivity contribution in [2.45, 2.75) is 37.3 Å². The molecule has 1 amide bonds. The van der Waals surface area contributed by atoms with E-state index in [0.717, 1.165) is 24.8 Å². The molecule has 3 unspecified atom stereocenters. The Morgan fingerprint density at radius 1 is 1.42 bits per heavy atom. The molecule has 0 aromatic heterocycles. The molecule has 1 saturated carbocycles. The third-order valence-electron chi connectivity index (χ3n) is 3.61. The number of amides is 1. The average molecular weight is 258 g/mol. The maximum atomic E-state index is 12.2. The zero-order valence-corrected chi connectivity index (χ0v) is 11.0. The van der Waals surface area contributed by atoms with E-state index in [-0.39, 0.29) is 18.1 Å². The maximum absolute atomic E-state index is 12.2. The molecule has 1 aromatic carbocycles. The van der Waals surface area contributed by atoms with Gasteiger partial charge in [-0.25, -0.2) is 0 Å². The van der Waals surface area contributed by atoms with E-state index < -0.39 is 5.92 Å². The van der Waals surface area contributed by atoms with E-state index in [1.165, 1.54) is 0 Å². The van der Waals surface area contributed by atoms with Crippen LogP contribution in [0.1, 0.15) is 30.7 Å². The Balaban J connectivity index is 2.04. The molecule has 3 atom stereocenters. The van der Waals surface area contributed by atoms with Crippen LogP contribution in [0.2, 0.25) is 0 Å². The molecule has 1 fully saturated rings. The van der Waals surface area contributed by atoms with Gasteiger partial charge >= 0.3 is 0 Å². The van der Waals surface area contributed by atoms with Gasteiger partial charge in [-0.1, -0.05) is 30.3 Å². The highest BCUT2D eigenvalue weighted by molar-refractivity contribution is 5.86. The quantitative estimate of drug-likeness (QED) is 0.898.